The summed E-state index contributed by atoms with van der Waals surface area (Å²) in [6, 6.07) is 6.96. The van der Waals surface area contributed by atoms with Crippen molar-refractivity contribution in [3.63, 3.8) is 0 Å². The molecular formula is C17H16FN5OS2. The summed E-state index contributed by atoms with van der Waals surface area (Å²) in [6.07, 6.45) is 2.10. The van der Waals surface area contributed by atoms with E-state index in [-0.39, 0.29) is 11.7 Å². The number of benzene rings is 1. The van der Waals surface area contributed by atoms with Crippen LogP contribution in [-0.2, 0) is 10.5 Å². The second-order valence-corrected chi connectivity index (χ2v) is 7.80. The summed E-state index contributed by atoms with van der Waals surface area (Å²) in [6.45, 7) is 1.46. The van der Waals surface area contributed by atoms with Crippen LogP contribution in [0.25, 0.3) is 11.4 Å². The van der Waals surface area contributed by atoms with Gasteiger partial charge < -0.3 is 5.32 Å². The Labute approximate surface area is 157 Å². The zero-order valence-corrected chi connectivity index (χ0v) is 15.6. The lowest BCUT2D eigenvalue weighted by Crippen LogP contribution is -2.05. The van der Waals surface area contributed by atoms with Crippen molar-refractivity contribution in [3.8, 4) is 11.4 Å². The molecule has 1 N–H and O–H groups in total. The third kappa shape index (κ3) is 3.63. The van der Waals surface area contributed by atoms with Gasteiger partial charge in [-0.05, 0) is 25.0 Å². The lowest BCUT2D eigenvalue weighted by atomic mass is 10.2. The standard InChI is InChI=1S/C17H16FN5OS2/c1-10(24)19-16-20-11(8-25-16)9-26-17-22-21-15(23(17)12-6-7-12)13-4-2-3-5-14(13)18/h2-5,8,12H,6-7,9H2,1H3,(H,19,20,24). The summed E-state index contributed by atoms with van der Waals surface area (Å²) < 4.78 is 16.2. The Morgan fingerprint density at radius 2 is 2.19 bits per heavy atom. The summed E-state index contributed by atoms with van der Waals surface area (Å²) in [5.41, 5.74) is 1.34. The third-order valence-corrected chi connectivity index (χ3v) is 5.66. The fraction of sp³-hybridized carbons (Fsp3) is 0.294. The average Bonchev–Trinajstić information content (AvgIpc) is 3.21. The molecule has 0 spiro atoms. The van der Waals surface area contributed by atoms with Crippen LogP contribution in [0.1, 0.15) is 31.5 Å². The molecule has 4 rings (SSSR count). The number of hydrogen-bond acceptors (Lipinski definition) is 6. The molecule has 9 heteroatoms. The van der Waals surface area contributed by atoms with E-state index >= 15 is 0 Å². The first-order valence-electron chi connectivity index (χ1n) is 8.16. The number of halogens is 1. The molecule has 3 aromatic rings. The molecular weight excluding hydrogens is 373 g/mol. The Balaban J connectivity index is 1.55. The average molecular weight is 389 g/mol. The first-order valence-corrected chi connectivity index (χ1v) is 10.0. The van der Waals surface area contributed by atoms with Gasteiger partial charge in [-0.3, -0.25) is 9.36 Å². The van der Waals surface area contributed by atoms with Crippen LogP contribution in [-0.4, -0.2) is 25.7 Å². The van der Waals surface area contributed by atoms with E-state index < -0.39 is 0 Å². The summed E-state index contributed by atoms with van der Waals surface area (Å²) in [5.74, 6) is 0.753. The molecule has 0 bridgehead atoms. The Kier molecular flexibility index (Phi) is 4.73. The largest absolute Gasteiger partial charge is 0.302 e. The fourth-order valence-corrected chi connectivity index (χ4v) is 4.34. The first kappa shape index (κ1) is 17.2. The van der Waals surface area contributed by atoms with E-state index in [1.807, 2.05) is 9.95 Å². The van der Waals surface area contributed by atoms with Gasteiger partial charge in [-0.1, -0.05) is 23.9 Å². The Morgan fingerprint density at radius 3 is 2.92 bits per heavy atom. The minimum atomic E-state index is -0.294. The summed E-state index contributed by atoms with van der Waals surface area (Å²) in [5, 5.41) is 14.5. The van der Waals surface area contributed by atoms with E-state index in [9.17, 15) is 9.18 Å². The van der Waals surface area contributed by atoms with Gasteiger partial charge >= 0.3 is 0 Å². The van der Waals surface area contributed by atoms with Crippen LogP contribution in [0.5, 0.6) is 0 Å². The van der Waals surface area contributed by atoms with Gasteiger partial charge in [-0.15, -0.1) is 21.5 Å². The highest BCUT2D eigenvalue weighted by molar-refractivity contribution is 7.98. The van der Waals surface area contributed by atoms with Crippen molar-refractivity contribution in [1.29, 1.82) is 0 Å². The summed E-state index contributed by atoms with van der Waals surface area (Å²) >= 11 is 2.91. The zero-order chi connectivity index (χ0) is 18.1. The highest BCUT2D eigenvalue weighted by atomic mass is 32.2. The van der Waals surface area contributed by atoms with Gasteiger partial charge in [0.15, 0.2) is 16.1 Å². The number of carbonyl (C=O) groups excluding carboxylic acids is 1. The summed E-state index contributed by atoms with van der Waals surface area (Å²) in [7, 11) is 0. The normalized spacial score (nSPS) is 13.8. The van der Waals surface area contributed by atoms with Gasteiger partial charge in [0, 0.05) is 24.1 Å². The molecule has 26 heavy (non-hydrogen) atoms. The topological polar surface area (TPSA) is 72.7 Å². The smallest absolute Gasteiger partial charge is 0.223 e. The van der Waals surface area contributed by atoms with E-state index in [1.165, 1.54) is 36.1 Å². The van der Waals surface area contributed by atoms with E-state index in [0.717, 1.165) is 23.7 Å². The zero-order valence-electron chi connectivity index (χ0n) is 14.0. The van der Waals surface area contributed by atoms with Gasteiger partial charge in [-0.25, -0.2) is 9.37 Å². The van der Waals surface area contributed by atoms with E-state index in [4.69, 9.17) is 0 Å². The van der Waals surface area contributed by atoms with Crippen molar-refractivity contribution in [2.75, 3.05) is 5.32 Å². The lowest BCUT2D eigenvalue weighted by Gasteiger charge is -2.09. The molecule has 0 aliphatic heterocycles. The van der Waals surface area contributed by atoms with Crippen molar-refractivity contribution >= 4 is 34.1 Å². The minimum absolute atomic E-state index is 0.137. The van der Waals surface area contributed by atoms with Crippen molar-refractivity contribution in [3.05, 3.63) is 41.2 Å². The number of thiazole rings is 1. The maximum Gasteiger partial charge on any atom is 0.223 e. The number of aromatic nitrogens is 4. The summed E-state index contributed by atoms with van der Waals surface area (Å²) in [4.78, 5) is 15.5. The van der Waals surface area contributed by atoms with E-state index in [1.54, 1.807) is 18.2 Å². The molecule has 134 valence electrons. The van der Waals surface area contributed by atoms with E-state index in [0.29, 0.717) is 28.3 Å². The SMILES string of the molecule is CC(=O)Nc1nc(CSc2nnc(-c3ccccc3F)n2C2CC2)cs1. The van der Waals surface area contributed by atoms with Crippen molar-refractivity contribution in [2.24, 2.45) is 0 Å². The van der Waals surface area contributed by atoms with Crippen molar-refractivity contribution in [1.82, 2.24) is 19.7 Å². The number of hydrogen-bond donors (Lipinski definition) is 1. The maximum absolute atomic E-state index is 14.2. The Morgan fingerprint density at radius 1 is 1.38 bits per heavy atom. The van der Waals surface area contributed by atoms with Crippen LogP contribution in [0.4, 0.5) is 9.52 Å². The number of anilines is 1. The quantitative estimate of drug-likeness (QED) is 0.642. The first-order chi connectivity index (χ1) is 12.6. The second kappa shape index (κ2) is 7.16. The van der Waals surface area contributed by atoms with E-state index in [2.05, 4.69) is 20.5 Å². The Hall–Kier alpha value is -2.26. The minimum Gasteiger partial charge on any atom is -0.302 e. The van der Waals surface area contributed by atoms with Crippen LogP contribution >= 0.6 is 23.1 Å². The van der Waals surface area contributed by atoms with Crippen LogP contribution in [0.2, 0.25) is 0 Å². The number of carbonyl (C=O) groups is 1. The van der Waals surface area contributed by atoms with Gasteiger partial charge in [0.05, 0.1) is 11.3 Å². The number of amides is 1. The van der Waals surface area contributed by atoms with Crippen LogP contribution in [0.3, 0.4) is 0 Å². The molecule has 2 heterocycles. The maximum atomic E-state index is 14.2. The van der Waals surface area contributed by atoms with Gasteiger partial charge in [0.25, 0.3) is 0 Å². The molecule has 0 radical (unpaired) electrons. The number of thioether (sulfide) groups is 1. The highest BCUT2D eigenvalue weighted by Crippen LogP contribution is 2.41. The van der Waals surface area contributed by atoms with Crippen LogP contribution in [0.15, 0.2) is 34.8 Å². The predicted octanol–water partition coefficient (Wildman–Crippen LogP) is 4.13. The van der Waals surface area contributed by atoms with Crippen LogP contribution < -0.4 is 5.32 Å². The van der Waals surface area contributed by atoms with Crippen molar-refractivity contribution < 1.29 is 9.18 Å². The molecule has 1 fully saturated rings. The molecule has 0 unspecified atom stereocenters. The predicted molar refractivity (Wildman–Crippen MR) is 99.7 cm³/mol. The van der Waals surface area contributed by atoms with Gasteiger partial charge in [0.1, 0.15) is 5.82 Å². The Bertz CT molecular complexity index is 950. The number of rotatable bonds is 6. The molecule has 6 nitrogen and oxygen atoms in total. The second-order valence-electron chi connectivity index (χ2n) is 6.00. The molecule has 1 aromatic carbocycles. The monoisotopic (exact) mass is 389 g/mol. The van der Waals surface area contributed by atoms with Gasteiger partial charge in [-0.2, -0.15) is 0 Å². The lowest BCUT2D eigenvalue weighted by molar-refractivity contribution is -0.114. The molecule has 1 aliphatic rings. The molecule has 0 saturated heterocycles. The highest BCUT2D eigenvalue weighted by Gasteiger charge is 2.31. The third-order valence-electron chi connectivity index (χ3n) is 3.88. The van der Waals surface area contributed by atoms with Crippen molar-refractivity contribution in [2.45, 2.75) is 36.7 Å². The van der Waals surface area contributed by atoms with Crippen LogP contribution in [0, 0.1) is 5.82 Å². The molecule has 1 aliphatic carbocycles. The molecule has 0 atom stereocenters. The number of nitrogens with zero attached hydrogens (tertiary/aromatic N) is 4. The number of nitrogens with one attached hydrogen (secondary N) is 1. The van der Waals surface area contributed by atoms with Gasteiger partial charge in [0.2, 0.25) is 5.91 Å². The molecule has 2 aromatic heterocycles. The fourth-order valence-electron chi connectivity index (χ4n) is 2.58. The molecule has 1 amide bonds. The molecule has 1 saturated carbocycles.